The summed E-state index contributed by atoms with van der Waals surface area (Å²) >= 11 is 0. The molecule has 2 nitrogen and oxygen atoms in total. The van der Waals surface area contributed by atoms with Gasteiger partial charge in [-0.1, -0.05) is 18.2 Å². The van der Waals surface area contributed by atoms with Gasteiger partial charge in [-0.25, -0.2) is 4.39 Å². The summed E-state index contributed by atoms with van der Waals surface area (Å²) in [6.45, 7) is 0.910. The quantitative estimate of drug-likeness (QED) is 0.718. The Balaban J connectivity index is 2.41. The Morgan fingerprint density at radius 1 is 1.38 bits per heavy atom. The highest BCUT2D eigenvalue weighted by Gasteiger charge is 1.92. The van der Waals surface area contributed by atoms with Gasteiger partial charge in [0.25, 0.3) is 0 Å². The van der Waals surface area contributed by atoms with Gasteiger partial charge in [0.05, 0.1) is 0 Å². The Morgan fingerprint density at radius 3 is 2.92 bits per heavy atom. The molecule has 2 N–H and O–H groups in total. The molecule has 1 rings (SSSR count). The molecule has 13 heavy (non-hydrogen) atoms. The first-order chi connectivity index (χ1) is 6.33. The molecule has 0 fully saturated rings. The normalized spacial score (nSPS) is 10.6. The maximum Gasteiger partial charge on any atom is 0.126 e. The number of halogens is 1. The third-order valence-electron chi connectivity index (χ3n) is 1.45. The molecule has 0 aliphatic rings. The predicted octanol–water partition coefficient (Wildman–Crippen LogP) is 1.72. The average Bonchev–Trinajstić information content (AvgIpc) is 2.13. The first-order valence-corrected chi connectivity index (χ1v) is 4.06. The Bertz CT molecular complexity index is 286. The Kier molecular flexibility index (Phi) is 3.99. The predicted molar refractivity (Wildman–Crippen MR) is 50.1 cm³/mol. The van der Waals surface area contributed by atoms with Gasteiger partial charge in [0.1, 0.15) is 18.2 Å². The van der Waals surface area contributed by atoms with E-state index in [2.05, 4.69) is 0 Å². The van der Waals surface area contributed by atoms with Gasteiger partial charge in [0.2, 0.25) is 0 Å². The maximum atomic E-state index is 12.6. The molecule has 0 bridgehead atoms. The van der Waals surface area contributed by atoms with Crippen molar-refractivity contribution >= 4 is 0 Å². The summed E-state index contributed by atoms with van der Waals surface area (Å²) in [6.07, 6.45) is 3.59. The highest BCUT2D eigenvalue weighted by atomic mass is 19.1. The second-order valence-corrected chi connectivity index (χ2v) is 2.48. The molecule has 3 heteroatoms. The SMILES string of the molecule is NC/C=C/COc1cccc(F)c1. The monoisotopic (exact) mass is 181 g/mol. The first kappa shape index (κ1) is 9.74. The van der Waals surface area contributed by atoms with Crippen molar-refractivity contribution in [1.29, 1.82) is 0 Å². The topological polar surface area (TPSA) is 35.2 Å². The average molecular weight is 181 g/mol. The van der Waals surface area contributed by atoms with Crippen LogP contribution in [0.25, 0.3) is 0 Å². The van der Waals surface area contributed by atoms with Crippen molar-refractivity contribution in [2.45, 2.75) is 0 Å². The number of ether oxygens (including phenoxy) is 1. The third kappa shape index (κ3) is 3.71. The molecule has 0 spiro atoms. The molecular weight excluding hydrogens is 169 g/mol. The summed E-state index contributed by atoms with van der Waals surface area (Å²) in [7, 11) is 0. The smallest absolute Gasteiger partial charge is 0.126 e. The maximum absolute atomic E-state index is 12.6. The van der Waals surface area contributed by atoms with Crippen LogP contribution in [0.1, 0.15) is 0 Å². The molecule has 0 saturated carbocycles. The number of rotatable bonds is 4. The van der Waals surface area contributed by atoms with Crippen LogP contribution in [0.2, 0.25) is 0 Å². The highest BCUT2D eigenvalue weighted by molar-refractivity contribution is 5.22. The van der Waals surface area contributed by atoms with E-state index in [1.807, 2.05) is 0 Å². The van der Waals surface area contributed by atoms with Crippen molar-refractivity contribution < 1.29 is 9.13 Å². The summed E-state index contributed by atoms with van der Waals surface area (Å²) in [5.74, 6) is 0.238. The van der Waals surface area contributed by atoms with E-state index in [9.17, 15) is 4.39 Å². The minimum Gasteiger partial charge on any atom is -0.489 e. The van der Waals surface area contributed by atoms with Crippen molar-refractivity contribution in [1.82, 2.24) is 0 Å². The van der Waals surface area contributed by atoms with Crippen molar-refractivity contribution in [3.63, 3.8) is 0 Å². The van der Waals surface area contributed by atoms with E-state index in [0.29, 0.717) is 18.9 Å². The molecule has 0 aromatic heterocycles. The van der Waals surface area contributed by atoms with E-state index < -0.39 is 0 Å². The summed E-state index contributed by atoms with van der Waals surface area (Å²) in [5, 5.41) is 0. The van der Waals surface area contributed by atoms with Crippen molar-refractivity contribution in [3.8, 4) is 5.75 Å². The van der Waals surface area contributed by atoms with Gasteiger partial charge in [0.15, 0.2) is 0 Å². The molecule has 0 aliphatic heterocycles. The van der Waals surface area contributed by atoms with Gasteiger partial charge < -0.3 is 10.5 Å². The van der Waals surface area contributed by atoms with E-state index in [0.717, 1.165) is 0 Å². The fourth-order valence-corrected chi connectivity index (χ4v) is 0.865. The summed E-state index contributed by atoms with van der Waals surface area (Å²) in [6, 6.07) is 6.04. The van der Waals surface area contributed by atoms with Gasteiger partial charge in [-0.15, -0.1) is 0 Å². The van der Waals surface area contributed by atoms with Crippen molar-refractivity contribution in [2.75, 3.05) is 13.2 Å². The molecule has 0 atom stereocenters. The van der Waals surface area contributed by atoms with Crippen LogP contribution in [-0.4, -0.2) is 13.2 Å². The zero-order valence-electron chi connectivity index (χ0n) is 7.24. The van der Waals surface area contributed by atoms with E-state index in [1.54, 1.807) is 24.3 Å². The minimum absolute atomic E-state index is 0.291. The lowest BCUT2D eigenvalue weighted by molar-refractivity contribution is 0.360. The fraction of sp³-hybridized carbons (Fsp3) is 0.200. The van der Waals surface area contributed by atoms with E-state index in [-0.39, 0.29) is 5.82 Å². The van der Waals surface area contributed by atoms with E-state index in [4.69, 9.17) is 10.5 Å². The van der Waals surface area contributed by atoms with Gasteiger partial charge in [0, 0.05) is 12.6 Å². The van der Waals surface area contributed by atoms with Crippen LogP contribution in [0, 0.1) is 5.82 Å². The number of nitrogens with two attached hydrogens (primary N) is 1. The number of hydrogen-bond acceptors (Lipinski definition) is 2. The molecule has 0 aliphatic carbocycles. The second-order valence-electron chi connectivity index (χ2n) is 2.48. The minimum atomic E-state index is -0.291. The van der Waals surface area contributed by atoms with Crippen LogP contribution in [0.4, 0.5) is 4.39 Å². The zero-order chi connectivity index (χ0) is 9.52. The second kappa shape index (κ2) is 5.32. The third-order valence-corrected chi connectivity index (χ3v) is 1.45. The molecular formula is C10H12FNO. The first-order valence-electron chi connectivity index (χ1n) is 4.06. The van der Waals surface area contributed by atoms with Crippen LogP contribution in [0.5, 0.6) is 5.75 Å². The van der Waals surface area contributed by atoms with Gasteiger partial charge in [-0.05, 0) is 12.1 Å². The molecule has 0 heterocycles. The van der Waals surface area contributed by atoms with Gasteiger partial charge in [-0.2, -0.15) is 0 Å². The van der Waals surface area contributed by atoms with E-state index in [1.165, 1.54) is 12.1 Å². The molecule has 0 radical (unpaired) electrons. The van der Waals surface area contributed by atoms with Gasteiger partial charge >= 0.3 is 0 Å². The molecule has 0 unspecified atom stereocenters. The Hall–Kier alpha value is -1.35. The fourth-order valence-electron chi connectivity index (χ4n) is 0.865. The molecule has 0 amide bonds. The Morgan fingerprint density at radius 2 is 2.23 bits per heavy atom. The summed E-state index contributed by atoms with van der Waals surface area (Å²) in [5.41, 5.74) is 5.23. The lowest BCUT2D eigenvalue weighted by atomic mass is 10.3. The van der Waals surface area contributed by atoms with Crippen molar-refractivity contribution in [2.24, 2.45) is 5.73 Å². The standard InChI is InChI=1S/C10H12FNO/c11-9-4-3-5-10(8-9)13-7-2-1-6-12/h1-5,8H,6-7,12H2/b2-1+. The lowest BCUT2D eigenvalue weighted by Gasteiger charge is -2.01. The molecule has 70 valence electrons. The van der Waals surface area contributed by atoms with Crippen LogP contribution in [0.15, 0.2) is 36.4 Å². The van der Waals surface area contributed by atoms with Crippen LogP contribution >= 0.6 is 0 Å². The van der Waals surface area contributed by atoms with Crippen LogP contribution < -0.4 is 10.5 Å². The van der Waals surface area contributed by atoms with Crippen LogP contribution in [-0.2, 0) is 0 Å². The lowest BCUT2D eigenvalue weighted by Crippen LogP contribution is -1.97. The number of hydrogen-bond donors (Lipinski definition) is 1. The zero-order valence-corrected chi connectivity index (χ0v) is 7.24. The van der Waals surface area contributed by atoms with Gasteiger partial charge in [-0.3, -0.25) is 0 Å². The summed E-state index contributed by atoms with van der Waals surface area (Å²) < 4.78 is 17.8. The van der Waals surface area contributed by atoms with E-state index >= 15 is 0 Å². The molecule has 1 aromatic carbocycles. The largest absolute Gasteiger partial charge is 0.489 e. The molecule has 1 aromatic rings. The highest BCUT2D eigenvalue weighted by Crippen LogP contribution is 2.11. The summed E-state index contributed by atoms with van der Waals surface area (Å²) in [4.78, 5) is 0. The van der Waals surface area contributed by atoms with Crippen molar-refractivity contribution in [3.05, 3.63) is 42.2 Å². The number of benzene rings is 1. The molecule has 0 saturated heterocycles. The van der Waals surface area contributed by atoms with Crippen LogP contribution in [0.3, 0.4) is 0 Å². The Labute approximate surface area is 76.8 Å².